The van der Waals surface area contributed by atoms with Crippen molar-refractivity contribution < 1.29 is 4.79 Å². The van der Waals surface area contributed by atoms with Gasteiger partial charge in [0.2, 0.25) is 0 Å². The Bertz CT molecular complexity index is 1070. The number of nitrogens with one attached hydrogen (secondary N) is 1. The van der Waals surface area contributed by atoms with Gasteiger partial charge in [-0.1, -0.05) is 23.5 Å². The van der Waals surface area contributed by atoms with Gasteiger partial charge >= 0.3 is 0 Å². The Morgan fingerprint density at radius 3 is 2.87 bits per heavy atom. The highest BCUT2D eigenvalue weighted by Crippen LogP contribution is 2.25. The molecular formula is C15H11N5O2S. The number of fused-ring (bicyclic) bond motifs is 2. The molecule has 0 saturated carbocycles. The Morgan fingerprint density at radius 2 is 2.09 bits per heavy atom. The Morgan fingerprint density at radius 1 is 1.26 bits per heavy atom. The molecule has 0 atom stereocenters. The summed E-state index contributed by atoms with van der Waals surface area (Å²) in [6, 6.07) is 10.6. The van der Waals surface area contributed by atoms with Crippen LogP contribution in [0.25, 0.3) is 15.9 Å². The minimum absolute atomic E-state index is 0.239. The fraction of sp³-hybridized carbons (Fsp3) is 0.0667. The van der Waals surface area contributed by atoms with Gasteiger partial charge in [0.05, 0.1) is 10.2 Å². The molecule has 1 amide bonds. The molecule has 0 aliphatic heterocycles. The molecule has 0 spiro atoms. The molecule has 3 heterocycles. The number of para-hydroxylation sites is 1. The highest BCUT2D eigenvalue weighted by atomic mass is 32.1. The first-order valence-corrected chi connectivity index (χ1v) is 7.66. The average molecular weight is 325 g/mol. The number of hydrogen-bond acceptors (Lipinski definition) is 5. The third kappa shape index (κ3) is 2.20. The molecule has 0 saturated heterocycles. The minimum Gasteiger partial charge on any atom is -0.296 e. The quantitative estimate of drug-likeness (QED) is 0.610. The Labute approximate surface area is 133 Å². The predicted molar refractivity (Wildman–Crippen MR) is 88.0 cm³/mol. The standard InChI is InChI=1S/C15H11N5O2S/c1-19-10(8-12-16-7-6-13(21)20(12)19)14(22)18-15-17-9-4-2-3-5-11(9)23-15/h2-8H,1H3,(H,17,18,22). The number of hydrogen-bond donors (Lipinski definition) is 1. The normalized spacial score (nSPS) is 11.2. The Balaban J connectivity index is 1.73. The number of rotatable bonds is 2. The van der Waals surface area contributed by atoms with Crippen LogP contribution in [0, 0.1) is 0 Å². The van der Waals surface area contributed by atoms with Gasteiger partial charge in [0.15, 0.2) is 10.8 Å². The maximum absolute atomic E-state index is 12.5. The summed E-state index contributed by atoms with van der Waals surface area (Å²) in [5, 5.41) is 3.29. The fourth-order valence-electron chi connectivity index (χ4n) is 2.44. The van der Waals surface area contributed by atoms with E-state index in [0.29, 0.717) is 16.5 Å². The van der Waals surface area contributed by atoms with Crippen molar-refractivity contribution in [3.8, 4) is 0 Å². The van der Waals surface area contributed by atoms with Gasteiger partial charge in [-0.15, -0.1) is 0 Å². The van der Waals surface area contributed by atoms with Crippen LogP contribution < -0.4 is 10.9 Å². The van der Waals surface area contributed by atoms with Crippen molar-refractivity contribution in [2.24, 2.45) is 7.05 Å². The number of carbonyl (C=O) groups is 1. The lowest BCUT2D eigenvalue weighted by Crippen LogP contribution is -2.22. The Hall–Kier alpha value is -3.00. The monoisotopic (exact) mass is 325 g/mol. The maximum Gasteiger partial charge on any atom is 0.275 e. The van der Waals surface area contributed by atoms with E-state index in [1.165, 1.54) is 32.8 Å². The van der Waals surface area contributed by atoms with E-state index in [1.807, 2.05) is 24.3 Å². The number of anilines is 1. The molecule has 0 fully saturated rings. The molecule has 3 aromatic heterocycles. The number of amides is 1. The summed E-state index contributed by atoms with van der Waals surface area (Å²) in [7, 11) is 1.64. The van der Waals surface area contributed by atoms with E-state index in [-0.39, 0.29) is 11.5 Å². The summed E-state index contributed by atoms with van der Waals surface area (Å²) in [6.45, 7) is 0. The first kappa shape index (κ1) is 13.6. The van der Waals surface area contributed by atoms with Crippen LogP contribution in [0.5, 0.6) is 0 Å². The van der Waals surface area contributed by atoms with Gasteiger partial charge in [-0.2, -0.15) is 4.52 Å². The van der Waals surface area contributed by atoms with Crippen LogP contribution in [0.4, 0.5) is 5.13 Å². The highest BCUT2D eigenvalue weighted by Gasteiger charge is 2.16. The van der Waals surface area contributed by atoms with E-state index in [2.05, 4.69) is 15.3 Å². The summed E-state index contributed by atoms with van der Waals surface area (Å²) in [5.74, 6) is -0.337. The zero-order chi connectivity index (χ0) is 16.0. The van der Waals surface area contributed by atoms with E-state index in [1.54, 1.807) is 13.1 Å². The number of thiazole rings is 1. The van der Waals surface area contributed by atoms with Crippen LogP contribution in [0.3, 0.4) is 0 Å². The van der Waals surface area contributed by atoms with Crippen molar-refractivity contribution in [2.75, 3.05) is 5.32 Å². The second-order valence-electron chi connectivity index (χ2n) is 4.95. The molecule has 1 aromatic carbocycles. The number of carbonyl (C=O) groups excluding carboxylic acids is 1. The molecule has 7 nitrogen and oxygen atoms in total. The van der Waals surface area contributed by atoms with Crippen molar-refractivity contribution in [2.45, 2.75) is 0 Å². The minimum atomic E-state index is -0.337. The Kier molecular flexibility index (Phi) is 2.98. The third-order valence-corrected chi connectivity index (χ3v) is 4.46. The van der Waals surface area contributed by atoms with Crippen LogP contribution in [-0.2, 0) is 7.05 Å². The van der Waals surface area contributed by atoms with Crippen molar-refractivity contribution in [3.05, 3.63) is 58.6 Å². The van der Waals surface area contributed by atoms with Gasteiger partial charge in [-0.3, -0.25) is 19.6 Å². The molecular weight excluding hydrogens is 314 g/mol. The van der Waals surface area contributed by atoms with E-state index in [0.717, 1.165) is 10.2 Å². The van der Waals surface area contributed by atoms with Crippen molar-refractivity contribution >= 4 is 38.2 Å². The third-order valence-electron chi connectivity index (χ3n) is 3.51. The van der Waals surface area contributed by atoms with Crippen molar-refractivity contribution in [1.29, 1.82) is 0 Å². The average Bonchev–Trinajstić information content (AvgIpc) is 3.08. The maximum atomic E-state index is 12.5. The van der Waals surface area contributed by atoms with Crippen molar-refractivity contribution in [3.63, 3.8) is 0 Å². The summed E-state index contributed by atoms with van der Waals surface area (Å²) < 4.78 is 3.82. The lowest BCUT2D eigenvalue weighted by atomic mass is 10.3. The van der Waals surface area contributed by atoms with Crippen LogP contribution >= 0.6 is 11.3 Å². The first-order valence-electron chi connectivity index (χ1n) is 6.84. The lowest BCUT2D eigenvalue weighted by molar-refractivity contribution is 0.101. The molecule has 23 heavy (non-hydrogen) atoms. The number of aromatic nitrogens is 4. The molecule has 4 rings (SSSR count). The van der Waals surface area contributed by atoms with Gasteiger partial charge in [-0.05, 0) is 12.1 Å². The molecule has 8 heteroatoms. The fourth-order valence-corrected chi connectivity index (χ4v) is 3.30. The highest BCUT2D eigenvalue weighted by molar-refractivity contribution is 7.22. The molecule has 114 valence electrons. The van der Waals surface area contributed by atoms with Crippen molar-refractivity contribution in [1.82, 2.24) is 19.2 Å². The summed E-state index contributed by atoms with van der Waals surface area (Å²) in [5.41, 5.74) is 1.36. The van der Waals surface area contributed by atoms with Crippen LogP contribution in [-0.4, -0.2) is 25.1 Å². The van der Waals surface area contributed by atoms with Gasteiger partial charge in [-0.25, -0.2) is 9.97 Å². The second-order valence-corrected chi connectivity index (χ2v) is 5.98. The summed E-state index contributed by atoms with van der Waals surface area (Å²) in [4.78, 5) is 32.8. The van der Waals surface area contributed by atoms with E-state index in [4.69, 9.17) is 0 Å². The van der Waals surface area contributed by atoms with Crippen LogP contribution in [0.1, 0.15) is 10.5 Å². The molecule has 0 bridgehead atoms. The number of nitrogens with zero attached hydrogens (tertiary/aromatic N) is 4. The first-order chi connectivity index (χ1) is 11.1. The molecule has 4 aromatic rings. The lowest BCUT2D eigenvalue weighted by Gasteiger charge is -2.03. The largest absolute Gasteiger partial charge is 0.296 e. The second kappa shape index (κ2) is 5.03. The predicted octanol–water partition coefficient (Wildman–Crippen LogP) is 1.89. The topological polar surface area (TPSA) is 81.3 Å². The molecule has 0 unspecified atom stereocenters. The van der Waals surface area contributed by atoms with Gasteiger partial charge in [0.25, 0.3) is 11.5 Å². The van der Waals surface area contributed by atoms with Crippen LogP contribution in [0.15, 0.2) is 47.4 Å². The van der Waals surface area contributed by atoms with E-state index >= 15 is 0 Å². The van der Waals surface area contributed by atoms with Gasteiger partial charge < -0.3 is 0 Å². The van der Waals surface area contributed by atoms with E-state index in [9.17, 15) is 9.59 Å². The SMILES string of the molecule is Cn1c(C(=O)Nc2nc3ccccc3s2)cc2nccc(=O)n21. The number of aryl methyl sites for hydroxylation is 1. The molecule has 0 radical (unpaired) electrons. The summed E-state index contributed by atoms with van der Waals surface area (Å²) in [6.07, 6.45) is 1.42. The van der Waals surface area contributed by atoms with E-state index < -0.39 is 0 Å². The van der Waals surface area contributed by atoms with Crippen LogP contribution in [0.2, 0.25) is 0 Å². The smallest absolute Gasteiger partial charge is 0.275 e. The summed E-state index contributed by atoms with van der Waals surface area (Å²) >= 11 is 1.40. The van der Waals surface area contributed by atoms with Gasteiger partial charge in [0, 0.05) is 25.4 Å². The molecule has 0 aliphatic rings. The zero-order valence-corrected chi connectivity index (χ0v) is 12.9. The molecule has 1 N–H and O–H groups in total. The van der Waals surface area contributed by atoms with Gasteiger partial charge in [0.1, 0.15) is 5.69 Å². The molecule has 0 aliphatic carbocycles. The number of benzene rings is 1. The zero-order valence-electron chi connectivity index (χ0n) is 12.1.